The van der Waals surface area contributed by atoms with Crippen LogP contribution < -0.4 is 10.2 Å². The lowest BCUT2D eigenvalue weighted by molar-refractivity contribution is -0.157. The van der Waals surface area contributed by atoms with Crippen molar-refractivity contribution in [3.8, 4) is 0 Å². The van der Waals surface area contributed by atoms with Crippen LogP contribution >= 0.6 is 0 Å². The number of aliphatic hydroxyl groups excluding tert-OH is 1. The van der Waals surface area contributed by atoms with Crippen LogP contribution in [-0.4, -0.2) is 85.4 Å². The molecule has 35 heavy (non-hydrogen) atoms. The summed E-state index contributed by atoms with van der Waals surface area (Å²) >= 11 is 0. The molecule has 0 unspecified atom stereocenters. The predicted molar refractivity (Wildman–Crippen MR) is 135 cm³/mol. The molecular formula is C26H43N3O6. The minimum Gasteiger partial charge on any atom is -0.458 e. The third-order valence-corrected chi connectivity index (χ3v) is 5.35. The van der Waals surface area contributed by atoms with E-state index in [0.717, 1.165) is 30.8 Å². The van der Waals surface area contributed by atoms with Crippen molar-refractivity contribution in [2.24, 2.45) is 0 Å². The van der Waals surface area contributed by atoms with E-state index in [1.807, 2.05) is 29.2 Å². The number of esters is 1. The average molecular weight is 494 g/mol. The number of rotatable bonds is 9. The highest BCUT2D eigenvalue weighted by atomic mass is 16.6. The Labute approximate surface area is 209 Å². The van der Waals surface area contributed by atoms with E-state index in [-0.39, 0.29) is 6.42 Å². The Morgan fingerprint density at radius 2 is 1.69 bits per heavy atom. The molecule has 9 nitrogen and oxygen atoms in total. The van der Waals surface area contributed by atoms with E-state index in [2.05, 4.69) is 10.2 Å². The monoisotopic (exact) mass is 493 g/mol. The Balaban J connectivity index is 2.04. The predicted octanol–water partition coefficient (Wildman–Crippen LogP) is 2.94. The molecule has 1 heterocycles. The van der Waals surface area contributed by atoms with Gasteiger partial charge < -0.3 is 29.5 Å². The fourth-order valence-electron chi connectivity index (χ4n) is 3.83. The first-order valence-electron chi connectivity index (χ1n) is 12.2. The SMILES string of the molecule is COCCCN1CCN(c2ccc(C[C@H](NC(=O)OC(C)(C)C)C(=O)OC(C)(C)C)cc2)[C@@H](O)C1. The first kappa shape index (κ1) is 28.9. The van der Waals surface area contributed by atoms with E-state index in [4.69, 9.17) is 14.2 Å². The lowest BCUT2D eigenvalue weighted by Crippen LogP contribution is -2.53. The van der Waals surface area contributed by atoms with Crippen molar-refractivity contribution in [2.45, 2.75) is 77.9 Å². The molecule has 198 valence electrons. The lowest BCUT2D eigenvalue weighted by atomic mass is 10.0. The molecule has 1 aromatic rings. The summed E-state index contributed by atoms with van der Waals surface area (Å²) in [5.74, 6) is -0.521. The molecule has 1 aliphatic heterocycles. The van der Waals surface area contributed by atoms with Gasteiger partial charge in [-0.1, -0.05) is 12.1 Å². The highest BCUT2D eigenvalue weighted by molar-refractivity contribution is 5.82. The van der Waals surface area contributed by atoms with Gasteiger partial charge in [-0.05, 0) is 65.7 Å². The molecule has 0 bridgehead atoms. The normalized spacial score (nSPS) is 18.2. The molecule has 1 saturated heterocycles. The molecule has 0 radical (unpaired) electrons. The van der Waals surface area contributed by atoms with Crippen molar-refractivity contribution in [3.63, 3.8) is 0 Å². The van der Waals surface area contributed by atoms with Crippen molar-refractivity contribution in [2.75, 3.05) is 44.8 Å². The van der Waals surface area contributed by atoms with Crippen molar-refractivity contribution >= 4 is 17.7 Å². The number of hydrogen-bond acceptors (Lipinski definition) is 8. The standard InChI is InChI=1S/C26H43N3O6/c1-25(2,3)34-23(31)21(27-24(32)35-26(4,5)6)17-19-9-11-20(12-10-19)29-15-14-28(18-22(29)30)13-8-16-33-7/h9-12,21-22,30H,8,13-18H2,1-7H3,(H,27,32)/t21-,22-/m0/s1. The van der Waals surface area contributed by atoms with Gasteiger partial charge in [0.15, 0.2) is 0 Å². The molecule has 9 heteroatoms. The van der Waals surface area contributed by atoms with Crippen LogP contribution in [0.1, 0.15) is 53.5 Å². The Bertz CT molecular complexity index is 816. The number of piperazine rings is 1. The van der Waals surface area contributed by atoms with Gasteiger partial charge in [0.1, 0.15) is 23.5 Å². The van der Waals surface area contributed by atoms with E-state index < -0.39 is 35.5 Å². The summed E-state index contributed by atoms with van der Waals surface area (Å²) in [5, 5.41) is 13.3. The maximum Gasteiger partial charge on any atom is 0.408 e. The van der Waals surface area contributed by atoms with Gasteiger partial charge in [-0.2, -0.15) is 0 Å². The van der Waals surface area contributed by atoms with Crippen LogP contribution in [0.25, 0.3) is 0 Å². The van der Waals surface area contributed by atoms with Gasteiger partial charge in [0.2, 0.25) is 0 Å². The number of alkyl carbamates (subject to hydrolysis) is 1. The summed E-state index contributed by atoms with van der Waals surface area (Å²) in [6.45, 7) is 14.4. The van der Waals surface area contributed by atoms with Crippen molar-refractivity contribution in [1.82, 2.24) is 10.2 Å². The molecule has 1 fully saturated rings. The molecular weight excluding hydrogens is 450 g/mol. The minimum atomic E-state index is -0.892. The van der Waals surface area contributed by atoms with Crippen molar-refractivity contribution in [1.29, 1.82) is 0 Å². The molecule has 0 aliphatic carbocycles. The van der Waals surface area contributed by atoms with Gasteiger partial charge in [-0.25, -0.2) is 9.59 Å². The maximum absolute atomic E-state index is 12.8. The number of nitrogens with zero attached hydrogens (tertiary/aromatic N) is 2. The second kappa shape index (κ2) is 12.6. The average Bonchev–Trinajstić information content (AvgIpc) is 2.72. The molecule has 0 spiro atoms. The van der Waals surface area contributed by atoms with Crippen LogP contribution in [0.5, 0.6) is 0 Å². The van der Waals surface area contributed by atoms with Crippen molar-refractivity contribution in [3.05, 3.63) is 29.8 Å². The van der Waals surface area contributed by atoms with Crippen LogP contribution in [0.15, 0.2) is 24.3 Å². The van der Waals surface area contributed by atoms with Gasteiger partial charge in [-0.3, -0.25) is 4.90 Å². The summed E-state index contributed by atoms with van der Waals surface area (Å²) in [4.78, 5) is 29.4. The molecule has 0 saturated carbocycles. The number of ether oxygens (including phenoxy) is 3. The Hall–Kier alpha value is -2.36. The molecule has 2 N–H and O–H groups in total. The first-order valence-corrected chi connectivity index (χ1v) is 12.2. The number of nitrogens with one attached hydrogen (secondary N) is 1. The minimum absolute atomic E-state index is 0.254. The third kappa shape index (κ3) is 10.4. The zero-order valence-electron chi connectivity index (χ0n) is 22.3. The van der Waals surface area contributed by atoms with Crippen LogP contribution in [0.3, 0.4) is 0 Å². The largest absolute Gasteiger partial charge is 0.458 e. The smallest absolute Gasteiger partial charge is 0.408 e. The second-order valence-electron chi connectivity index (χ2n) is 10.9. The molecule has 2 rings (SSSR count). The van der Waals surface area contributed by atoms with Gasteiger partial charge >= 0.3 is 12.1 Å². The first-order chi connectivity index (χ1) is 16.3. The number of methoxy groups -OCH3 is 1. The van der Waals surface area contributed by atoms with Crippen LogP contribution in [0.2, 0.25) is 0 Å². The van der Waals surface area contributed by atoms with Gasteiger partial charge in [0.25, 0.3) is 0 Å². The number of benzene rings is 1. The van der Waals surface area contributed by atoms with Crippen LogP contribution in [-0.2, 0) is 25.4 Å². The number of hydrogen-bond donors (Lipinski definition) is 2. The van der Waals surface area contributed by atoms with Crippen LogP contribution in [0, 0.1) is 0 Å². The molecule has 2 atom stereocenters. The summed E-state index contributed by atoms with van der Waals surface area (Å²) in [7, 11) is 1.69. The molecule has 1 aromatic carbocycles. The van der Waals surface area contributed by atoms with E-state index in [1.165, 1.54) is 0 Å². The number of aliphatic hydroxyl groups is 1. The summed E-state index contributed by atoms with van der Waals surface area (Å²) in [5.41, 5.74) is 0.398. The topological polar surface area (TPSA) is 101 Å². The zero-order chi connectivity index (χ0) is 26.2. The van der Waals surface area contributed by atoms with Gasteiger partial charge in [0.05, 0.1) is 0 Å². The molecule has 1 aliphatic rings. The second-order valence-corrected chi connectivity index (χ2v) is 10.9. The number of anilines is 1. The van der Waals surface area contributed by atoms with Crippen LogP contribution in [0.4, 0.5) is 10.5 Å². The summed E-state index contributed by atoms with van der Waals surface area (Å²) in [6, 6.07) is 6.77. The fourth-order valence-corrected chi connectivity index (χ4v) is 3.83. The van der Waals surface area contributed by atoms with Gasteiger partial charge in [-0.15, -0.1) is 0 Å². The molecule has 0 aromatic heterocycles. The summed E-state index contributed by atoms with van der Waals surface area (Å²) in [6.07, 6.45) is -0.0739. The quantitative estimate of drug-likeness (QED) is 0.400. The number of β-amino-alcohol motifs (C(OH)–C–C–N with tert-alkyl or cyclic N) is 1. The highest BCUT2D eigenvalue weighted by Crippen LogP contribution is 2.22. The number of amides is 1. The third-order valence-electron chi connectivity index (χ3n) is 5.35. The maximum atomic E-state index is 12.8. The Kier molecular flexibility index (Phi) is 10.4. The summed E-state index contributed by atoms with van der Waals surface area (Å²) < 4.78 is 16.0. The number of carbonyl (C=O) groups excluding carboxylic acids is 2. The Morgan fingerprint density at radius 3 is 2.23 bits per heavy atom. The van der Waals surface area contributed by atoms with E-state index in [9.17, 15) is 14.7 Å². The van der Waals surface area contributed by atoms with Crippen molar-refractivity contribution < 1.29 is 28.9 Å². The Morgan fingerprint density at radius 1 is 1.06 bits per heavy atom. The zero-order valence-corrected chi connectivity index (χ0v) is 22.3. The lowest BCUT2D eigenvalue weighted by Gasteiger charge is -2.40. The van der Waals surface area contributed by atoms with E-state index >= 15 is 0 Å². The van der Waals surface area contributed by atoms with Gasteiger partial charge in [0, 0.05) is 52.0 Å². The fraction of sp³-hybridized carbons (Fsp3) is 0.692. The van der Waals surface area contributed by atoms with E-state index in [0.29, 0.717) is 19.7 Å². The highest BCUT2D eigenvalue weighted by Gasteiger charge is 2.29. The van der Waals surface area contributed by atoms with E-state index in [1.54, 1.807) is 48.7 Å². The molecule has 1 amide bonds. The number of carbonyl (C=O) groups is 2.